The predicted octanol–water partition coefficient (Wildman–Crippen LogP) is 0.571. The quantitative estimate of drug-likeness (QED) is 0.748. The molecule has 0 N–H and O–H groups in total. The molecule has 7 nitrogen and oxygen atoms in total. The van der Waals surface area contributed by atoms with Gasteiger partial charge in [0.05, 0.1) is 20.1 Å². The molecule has 0 aliphatic carbocycles. The molecule has 1 unspecified atom stereocenters. The van der Waals surface area contributed by atoms with Gasteiger partial charge in [-0.15, -0.1) is 0 Å². The van der Waals surface area contributed by atoms with Crippen molar-refractivity contribution in [1.29, 1.82) is 0 Å². The van der Waals surface area contributed by atoms with Crippen LogP contribution in [0.5, 0.6) is 0 Å². The molecule has 2 heterocycles. The summed E-state index contributed by atoms with van der Waals surface area (Å²) in [7, 11) is 2.67. The Morgan fingerprint density at radius 3 is 2.70 bits per heavy atom. The van der Waals surface area contributed by atoms with Crippen molar-refractivity contribution in [2.24, 2.45) is 5.92 Å². The number of nitrogens with zero attached hydrogens (tertiary/aromatic N) is 3. The number of carbonyl (C=O) groups is 2. The molecule has 1 aromatic rings. The molecule has 1 saturated heterocycles. The van der Waals surface area contributed by atoms with Crippen molar-refractivity contribution in [2.75, 3.05) is 32.2 Å². The Hall–Kier alpha value is -2.18. The van der Waals surface area contributed by atoms with Crippen molar-refractivity contribution in [3.8, 4) is 0 Å². The minimum atomic E-state index is -0.571. The molecule has 0 spiro atoms. The van der Waals surface area contributed by atoms with E-state index in [4.69, 9.17) is 4.74 Å². The van der Waals surface area contributed by atoms with Gasteiger partial charge in [0, 0.05) is 24.8 Å². The highest BCUT2D eigenvalue weighted by atomic mass is 16.5. The van der Waals surface area contributed by atoms with E-state index in [1.165, 1.54) is 14.2 Å². The zero-order valence-electron chi connectivity index (χ0n) is 11.8. The highest BCUT2D eigenvalue weighted by Crippen LogP contribution is 2.23. The Kier molecular flexibility index (Phi) is 4.16. The van der Waals surface area contributed by atoms with Crippen LogP contribution < -0.4 is 4.90 Å². The fraction of sp³-hybridized carbons (Fsp3) is 0.538. The van der Waals surface area contributed by atoms with Gasteiger partial charge in [-0.1, -0.05) is 0 Å². The molecule has 0 aromatic carbocycles. The largest absolute Gasteiger partial charge is 0.469 e. The lowest BCUT2D eigenvalue weighted by molar-refractivity contribution is -0.144. The van der Waals surface area contributed by atoms with Crippen LogP contribution in [0.25, 0.3) is 0 Å². The van der Waals surface area contributed by atoms with E-state index in [0.717, 1.165) is 0 Å². The summed E-state index contributed by atoms with van der Waals surface area (Å²) in [6, 6.07) is 1.78. The third kappa shape index (κ3) is 2.87. The maximum Gasteiger partial charge on any atom is 0.376 e. The first-order valence-electron chi connectivity index (χ1n) is 6.32. The van der Waals surface area contributed by atoms with Gasteiger partial charge in [0.25, 0.3) is 0 Å². The van der Waals surface area contributed by atoms with Gasteiger partial charge in [-0.05, 0) is 13.3 Å². The number of anilines is 1. The first-order valence-corrected chi connectivity index (χ1v) is 6.32. The van der Waals surface area contributed by atoms with Crippen LogP contribution in [-0.4, -0.2) is 49.2 Å². The van der Waals surface area contributed by atoms with Crippen molar-refractivity contribution in [3.05, 3.63) is 17.6 Å². The van der Waals surface area contributed by atoms with Crippen LogP contribution in [0.1, 0.15) is 22.7 Å². The van der Waals surface area contributed by atoms with Gasteiger partial charge in [0.2, 0.25) is 5.82 Å². The van der Waals surface area contributed by atoms with Crippen molar-refractivity contribution >= 4 is 17.8 Å². The Morgan fingerprint density at radius 2 is 2.05 bits per heavy atom. The molecular weight excluding hydrogens is 262 g/mol. The van der Waals surface area contributed by atoms with Gasteiger partial charge in [-0.2, -0.15) is 0 Å². The van der Waals surface area contributed by atoms with Crippen LogP contribution in [0.3, 0.4) is 0 Å². The standard InChI is InChI=1S/C13H17N3O4/c1-8-6-10(15-11(14-8)13(18)20-3)16-5-4-9(7-16)12(17)19-2/h6,9H,4-5,7H2,1-3H3. The lowest BCUT2D eigenvalue weighted by atomic mass is 10.1. The zero-order valence-corrected chi connectivity index (χ0v) is 11.8. The molecule has 20 heavy (non-hydrogen) atoms. The van der Waals surface area contributed by atoms with E-state index in [2.05, 4.69) is 14.7 Å². The number of hydrogen-bond donors (Lipinski definition) is 0. The van der Waals surface area contributed by atoms with E-state index in [-0.39, 0.29) is 17.7 Å². The van der Waals surface area contributed by atoms with Gasteiger partial charge in [-0.3, -0.25) is 4.79 Å². The molecule has 0 saturated carbocycles. The lowest BCUT2D eigenvalue weighted by Gasteiger charge is -2.17. The van der Waals surface area contributed by atoms with Crippen molar-refractivity contribution in [3.63, 3.8) is 0 Å². The zero-order chi connectivity index (χ0) is 14.7. The molecule has 0 bridgehead atoms. The van der Waals surface area contributed by atoms with Crippen LogP contribution >= 0.6 is 0 Å². The smallest absolute Gasteiger partial charge is 0.376 e. The van der Waals surface area contributed by atoms with Crippen LogP contribution in [0.15, 0.2) is 6.07 Å². The summed E-state index contributed by atoms with van der Waals surface area (Å²) in [4.78, 5) is 33.2. The van der Waals surface area contributed by atoms with Gasteiger partial charge < -0.3 is 14.4 Å². The Labute approximate surface area is 116 Å². The summed E-state index contributed by atoms with van der Waals surface area (Å²) in [6.45, 7) is 3.01. The minimum absolute atomic E-state index is 0.0315. The second-order valence-electron chi connectivity index (χ2n) is 4.64. The van der Waals surface area contributed by atoms with E-state index < -0.39 is 5.97 Å². The summed E-state index contributed by atoms with van der Waals surface area (Å²) < 4.78 is 9.38. The average Bonchev–Trinajstić information content (AvgIpc) is 2.94. The van der Waals surface area contributed by atoms with Crippen LogP contribution in [0, 0.1) is 12.8 Å². The second-order valence-corrected chi connectivity index (χ2v) is 4.64. The summed E-state index contributed by atoms with van der Waals surface area (Å²) in [5.74, 6) is -0.282. The summed E-state index contributed by atoms with van der Waals surface area (Å²) in [5.41, 5.74) is 0.678. The molecule has 0 radical (unpaired) electrons. The van der Waals surface area contributed by atoms with Gasteiger partial charge in [0.15, 0.2) is 0 Å². The maximum atomic E-state index is 11.5. The first-order chi connectivity index (χ1) is 9.55. The molecule has 7 heteroatoms. The topological polar surface area (TPSA) is 81.6 Å². The monoisotopic (exact) mass is 279 g/mol. The fourth-order valence-electron chi connectivity index (χ4n) is 2.22. The van der Waals surface area contributed by atoms with E-state index in [0.29, 0.717) is 31.0 Å². The number of hydrogen-bond acceptors (Lipinski definition) is 7. The number of aryl methyl sites for hydroxylation is 1. The number of aromatic nitrogens is 2. The van der Waals surface area contributed by atoms with Crippen molar-refractivity contribution in [2.45, 2.75) is 13.3 Å². The highest BCUT2D eigenvalue weighted by molar-refractivity contribution is 5.85. The molecule has 1 aliphatic rings. The molecule has 2 rings (SSSR count). The van der Waals surface area contributed by atoms with E-state index >= 15 is 0 Å². The molecule has 0 amide bonds. The summed E-state index contributed by atoms with van der Waals surface area (Å²) in [5, 5.41) is 0. The third-order valence-corrected chi connectivity index (χ3v) is 3.26. The number of carbonyl (C=O) groups excluding carboxylic acids is 2. The van der Waals surface area contributed by atoms with Gasteiger partial charge in [-0.25, -0.2) is 14.8 Å². The van der Waals surface area contributed by atoms with Crippen molar-refractivity contribution < 1.29 is 19.1 Å². The van der Waals surface area contributed by atoms with Crippen molar-refractivity contribution in [1.82, 2.24) is 9.97 Å². The second kappa shape index (κ2) is 5.85. The van der Waals surface area contributed by atoms with Crippen LogP contribution in [-0.2, 0) is 14.3 Å². The predicted molar refractivity (Wildman–Crippen MR) is 70.4 cm³/mol. The lowest BCUT2D eigenvalue weighted by Crippen LogP contribution is -2.25. The molecule has 1 aromatic heterocycles. The van der Waals surface area contributed by atoms with E-state index in [1.807, 2.05) is 4.90 Å². The van der Waals surface area contributed by atoms with Gasteiger partial charge in [0.1, 0.15) is 5.82 Å². The molecular formula is C13H17N3O4. The molecule has 1 fully saturated rings. The normalized spacial score (nSPS) is 17.9. The Morgan fingerprint density at radius 1 is 1.30 bits per heavy atom. The minimum Gasteiger partial charge on any atom is -0.469 e. The van der Waals surface area contributed by atoms with Gasteiger partial charge >= 0.3 is 11.9 Å². The van der Waals surface area contributed by atoms with Crippen LogP contribution in [0.4, 0.5) is 5.82 Å². The maximum absolute atomic E-state index is 11.5. The Bertz CT molecular complexity index is 532. The number of ether oxygens (including phenoxy) is 2. The SMILES string of the molecule is COC(=O)c1nc(C)cc(N2CCC(C(=O)OC)C2)n1. The Balaban J connectivity index is 2.19. The first kappa shape index (κ1) is 14.2. The molecule has 1 atom stereocenters. The fourth-order valence-corrected chi connectivity index (χ4v) is 2.22. The third-order valence-electron chi connectivity index (χ3n) is 3.26. The number of methoxy groups -OCH3 is 2. The summed E-state index contributed by atoms with van der Waals surface area (Å²) in [6.07, 6.45) is 0.712. The average molecular weight is 279 g/mol. The number of rotatable bonds is 3. The van der Waals surface area contributed by atoms with E-state index in [1.54, 1.807) is 13.0 Å². The molecule has 1 aliphatic heterocycles. The van der Waals surface area contributed by atoms with E-state index in [9.17, 15) is 9.59 Å². The molecule has 108 valence electrons. The van der Waals surface area contributed by atoms with Crippen LogP contribution in [0.2, 0.25) is 0 Å². The number of esters is 2. The summed E-state index contributed by atoms with van der Waals surface area (Å²) >= 11 is 0. The highest BCUT2D eigenvalue weighted by Gasteiger charge is 2.30.